The molecule has 2 aromatic rings. The van der Waals surface area contributed by atoms with Crippen LogP contribution in [0, 0.1) is 6.92 Å². The molecule has 0 aromatic heterocycles. The lowest BCUT2D eigenvalue weighted by molar-refractivity contribution is -0.208. The van der Waals surface area contributed by atoms with Crippen molar-refractivity contribution in [3.63, 3.8) is 0 Å². The normalized spacial score (nSPS) is 28.9. The SMILES string of the molecule is COCC1C(NS(C)(=O)=O)CCCN1C(=O)C(F)(F)Oc1cc(C2CC(NS(C)(=O)=O)C3COC4CCC(CC4)c4ccccc4O[C@H](C)C(=O)N3C2)ccc1C. The first-order valence-corrected chi connectivity index (χ1v) is 23.2. The lowest BCUT2D eigenvalue weighted by Crippen LogP contribution is -2.62. The average molecular weight is 841 g/mol. The van der Waals surface area contributed by atoms with Crippen LogP contribution in [0.15, 0.2) is 42.5 Å². The van der Waals surface area contributed by atoms with E-state index in [9.17, 15) is 26.4 Å². The van der Waals surface area contributed by atoms with Crippen molar-refractivity contribution in [3.05, 3.63) is 59.2 Å². The molecule has 2 saturated heterocycles. The number of para-hydroxylation sites is 1. The van der Waals surface area contributed by atoms with Crippen molar-refractivity contribution in [2.75, 3.05) is 45.9 Å². The molecule has 2 amide bonds. The molecular formula is C39H54F2N4O10S2. The minimum Gasteiger partial charge on any atom is -0.481 e. The molecule has 2 bridgehead atoms. The second kappa shape index (κ2) is 17.4. The molecule has 18 heteroatoms. The molecule has 7 rings (SSSR count). The van der Waals surface area contributed by atoms with Crippen molar-refractivity contribution in [2.45, 2.75) is 113 Å². The van der Waals surface area contributed by atoms with Gasteiger partial charge in [0.2, 0.25) is 20.0 Å². The number of alkyl halides is 2. The zero-order valence-corrected chi connectivity index (χ0v) is 34.6. The summed E-state index contributed by atoms with van der Waals surface area (Å²) in [6, 6.07) is 9.01. The van der Waals surface area contributed by atoms with E-state index in [1.807, 2.05) is 24.3 Å². The smallest absolute Gasteiger partial charge is 0.481 e. The number of nitrogens with zero attached hydrogens (tertiary/aromatic N) is 2. The fourth-order valence-electron chi connectivity index (χ4n) is 8.83. The number of carbonyl (C=O) groups is 2. The third kappa shape index (κ3) is 10.4. The standard InChI is InChI=1S/C39H54F2N4O10S2/c1-24-12-13-27(20-36(24)55-39(40,41)38(47)44-18-8-10-31(33(44)22-52-3)42-56(4,48)49)28-19-32(43-57(5,50)51)34-23-53-29-16-14-26(15-17-29)30-9-6-7-11-35(30)54-25(2)37(46)45(34)21-28/h6-7,9,11-13,20,25-26,28-29,31-34,42-43H,8,10,14-19,21-23H2,1-5H3/t25-,26?,28?,29?,31?,32?,33?,34?/m1/s1. The summed E-state index contributed by atoms with van der Waals surface area (Å²) in [4.78, 5) is 30.4. The predicted molar refractivity (Wildman–Crippen MR) is 207 cm³/mol. The van der Waals surface area contributed by atoms with Crippen molar-refractivity contribution < 1.29 is 54.2 Å². The van der Waals surface area contributed by atoms with E-state index < -0.39 is 68.3 Å². The van der Waals surface area contributed by atoms with E-state index in [2.05, 4.69) is 9.44 Å². The Morgan fingerprint density at radius 3 is 2.33 bits per heavy atom. The van der Waals surface area contributed by atoms with E-state index in [-0.39, 0.29) is 62.8 Å². The van der Waals surface area contributed by atoms with Gasteiger partial charge in [-0.15, -0.1) is 0 Å². The number of amides is 2. The van der Waals surface area contributed by atoms with Gasteiger partial charge in [-0.2, -0.15) is 8.78 Å². The summed E-state index contributed by atoms with van der Waals surface area (Å²) in [5.41, 5.74) is 1.82. The van der Waals surface area contributed by atoms with Crippen LogP contribution in [0.25, 0.3) is 0 Å². The number of likely N-dealkylation sites (tertiary alicyclic amines) is 1. The average Bonchev–Trinajstić information content (AvgIpc) is 3.15. The van der Waals surface area contributed by atoms with Gasteiger partial charge in [0, 0.05) is 38.2 Å². The Kier molecular flexibility index (Phi) is 13.2. The Labute approximate surface area is 334 Å². The Hall–Kier alpha value is -3.42. The van der Waals surface area contributed by atoms with Crippen LogP contribution in [-0.2, 0) is 39.1 Å². The third-order valence-corrected chi connectivity index (χ3v) is 13.0. The number of hydrogen-bond donors (Lipinski definition) is 2. The molecule has 5 unspecified atom stereocenters. The van der Waals surface area contributed by atoms with Crippen LogP contribution in [0.2, 0.25) is 0 Å². The first-order valence-electron chi connectivity index (χ1n) is 19.4. The van der Waals surface area contributed by atoms with E-state index in [1.54, 1.807) is 30.9 Å². The quantitative estimate of drug-likeness (QED) is 0.360. The molecule has 5 aliphatic rings. The van der Waals surface area contributed by atoms with E-state index >= 15 is 8.78 Å². The van der Waals surface area contributed by atoms with Crippen LogP contribution in [0.3, 0.4) is 0 Å². The van der Waals surface area contributed by atoms with Gasteiger partial charge in [0.1, 0.15) is 11.5 Å². The number of benzene rings is 2. The maximum atomic E-state index is 15.9. The summed E-state index contributed by atoms with van der Waals surface area (Å²) in [6.07, 6.45) is 0.769. The molecule has 0 radical (unpaired) electrons. The first kappa shape index (κ1) is 43.2. The van der Waals surface area contributed by atoms with Gasteiger partial charge < -0.3 is 28.7 Å². The van der Waals surface area contributed by atoms with Gasteiger partial charge in [0.15, 0.2) is 6.10 Å². The van der Waals surface area contributed by atoms with E-state index in [0.717, 1.165) is 48.7 Å². The number of ether oxygens (including phenoxy) is 4. The molecular weight excluding hydrogens is 787 g/mol. The number of carbonyl (C=O) groups excluding carboxylic acids is 2. The van der Waals surface area contributed by atoms with Crippen LogP contribution >= 0.6 is 0 Å². The third-order valence-electron chi connectivity index (χ3n) is 11.6. The fourth-order valence-corrected chi connectivity index (χ4v) is 10.5. The Bertz CT molecular complexity index is 2000. The number of hydrogen-bond acceptors (Lipinski definition) is 10. The highest BCUT2D eigenvalue weighted by Crippen LogP contribution is 2.41. The number of rotatable bonds is 10. The largest absolute Gasteiger partial charge is 0.482 e. The van der Waals surface area contributed by atoms with Crippen molar-refractivity contribution in [2.24, 2.45) is 0 Å². The first-order chi connectivity index (χ1) is 26.8. The fraction of sp³-hybridized carbons (Fsp3) is 0.641. The Morgan fingerprint density at radius 1 is 0.965 bits per heavy atom. The molecule has 316 valence electrons. The lowest BCUT2D eigenvalue weighted by Gasteiger charge is -2.46. The van der Waals surface area contributed by atoms with Crippen molar-refractivity contribution in [1.82, 2.24) is 19.2 Å². The maximum absolute atomic E-state index is 15.9. The highest BCUT2D eigenvalue weighted by Gasteiger charge is 2.50. The Morgan fingerprint density at radius 2 is 1.65 bits per heavy atom. The number of piperidine rings is 2. The molecule has 14 nitrogen and oxygen atoms in total. The van der Waals surface area contributed by atoms with Gasteiger partial charge in [0.25, 0.3) is 5.91 Å². The van der Waals surface area contributed by atoms with Crippen LogP contribution in [0.1, 0.15) is 80.4 Å². The summed E-state index contributed by atoms with van der Waals surface area (Å²) in [6.45, 7) is 3.14. The molecule has 4 aliphatic heterocycles. The number of fused-ring (bicyclic) bond motifs is 5. The van der Waals surface area contributed by atoms with Crippen LogP contribution in [0.4, 0.5) is 8.78 Å². The van der Waals surface area contributed by atoms with Gasteiger partial charge >= 0.3 is 12.0 Å². The van der Waals surface area contributed by atoms with Crippen molar-refractivity contribution in [3.8, 4) is 11.5 Å². The van der Waals surface area contributed by atoms with E-state index in [4.69, 9.17) is 18.9 Å². The number of nitrogens with one attached hydrogen (secondary N) is 2. The molecule has 3 fully saturated rings. The van der Waals surface area contributed by atoms with Crippen molar-refractivity contribution in [1.29, 1.82) is 0 Å². The monoisotopic (exact) mass is 840 g/mol. The maximum Gasteiger partial charge on any atom is 0.482 e. The zero-order chi connectivity index (χ0) is 41.3. The predicted octanol–water partition coefficient (Wildman–Crippen LogP) is 3.65. The molecule has 1 saturated carbocycles. The molecule has 6 atom stereocenters. The van der Waals surface area contributed by atoms with Crippen molar-refractivity contribution >= 4 is 31.9 Å². The summed E-state index contributed by atoms with van der Waals surface area (Å²) in [5.74, 6) is -2.00. The van der Waals surface area contributed by atoms with Crippen LogP contribution in [-0.4, -0.2) is 127 Å². The molecule has 4 heterocycles. The molecule has 57 heavy (non-hydrogen) atoms. The zero-order valence-electron chi connectivity index (χ0n) is 33.0. The van der Waals surface area contributed by atoms with Gasteiger partial charge in [-0.05, 0) is 93.5 Å². The molecule has 2 aromatic carbocycles. The van der Waals surface area contributed by atoms with Gasteiger partial charge in [0.05, 0.1) is 43.9 Å². The summed E-state index contributed by atoms with van der Waals surface area (Å²) >= 11 is 0. The summed E-state index contributed by atoms with van der Waals surface area (Å²) in [7, 11) is -6.18. The lowest BCUT2D eigenvalue weighted by atomic mass is 9.82. The molecule has 2 N–H and O–H groups in total. The number of aryl methyl sites for hydroxylation is 1. The summed E-state index contributed by atoms with van der Waals surface area (Å²) in [5, 5.41) is 0. The minimum absolute atomic E-state index is 0.0621. The second-order valence-electron chi connectivity index (χ2n) is 15.9. The summed E-state index contributed by atoms with van der Waals surface area (Å²) < 4.78 is 110. The van der Waals surface area contributed by atoms with E-state index in [0.29, 0.717) is 23.3 Å². The Balaban J connectivity index is 1.29. The van der Waals surface area contributed by atoms with E-state index in [1.165, 1.54) is 13.2 Å². The van der Waals surface area contributed by atoms with Crippen LogP contribution < -0.4 is 18.9 Å². The number of sulfonamides is 2. The highest BCUT2D eigenvalue weighted by atomic mass is 32.2. The highest BCUT2D eigenvalue weighted by molar-refractivity contribution is 7.89. The topological polar surface area (TPSA) is 170 Å². The van der Waals surface area contributed by atoms with Gasteiger partial charge in [-0.3, -0.25) is 9.59 Å². The molecule has 0 spiro atoms. The van der Waals surface area contributed by atoms with Gasteiger partial charge in [-0.25, -0.2) is 26.3 Å². The van der Waals surface area contributed by atoms with Gasteiger partial charge in [-0.1, -0.05) is 30.3 Å². The van der Waals surface area contributed by atoms with Crippen LogP contribution in [0.5, 0.6) is 11.5 Å². The number of methoxy groups -OCH3 is 1. The number of halogens is 2. The molecule has 1 aliphatic carbocycles. The second-order valence-corrected chi connectivity index (χ2v) is 19.5. The minimum atomic E-state index is -4.36.